The third kappa shape index (κ3) is 5.33. The summed E-state index contributed by atoms with van der Waals surface area (Å²) in [5.41, 5.74) is -0.242. The van der Waals surface area contributed by atoms with Crippen molar-refractivity contribution >= 4 is 5.78 Å². The summed E-state index contributed by atoms with van der Waals surface area (Å²) in [6.45, 7) is 9.93. The lowest BCUT2D eigenvalue weighted by Crippen LogP contribution is -2.31. The monoisotopic (exact) mass is 278 g/mol. The second-order valence-electron chi connectivity index (χ2n) is 5.37. The fourth-order valence-electron chi connectivity index (χ4n) is 1.98. The van der Waals surface area contributed by atoms with Crippen molar-refractivity contribution in [1.82, 2.24) is 0 Å². The van der Waals surface area contributed by atoms with Gasteiger partial charge in [-0.3, -0.25) is 4.79 Å². The molecule has 2 atom stereocenters. The first kappa shape index (κ1) is 16.7. The van der Waals surface area contributed by atoms with Gasteiger partial charge in [0.25, 0.3) is 0 Å². The minimum Gasteiger partial charge on any atom is -0.492 e. The largest absolute Gasteiger partial charge is 0.492 e. The van der Waals surface area contributed by atoms with E-state index in [0.29, 0.717) is 6.61 Å². The van der Waals surface area contributed by atoms with Crippen LogP contribution in [0.4, 0.5) is 0 Å². The smallest absolute Gasteiger partial charge is 0.183 e. The molecule has 2 unspecified atom stereocenters. The van der Waals surface area contributed by atoms with Crippen LogP contribution in [0.1, 0.15) is 46.5 Å². The molecule has 0 aromatic heterocycles. The molecule has 0 N–H and O–H groups in total. The summed E-state index contributed by atoms with van der Waals surface area (Å²) in [4.78, 5) is 11.4. The Morgan fingerprint density at radius 2 is 2.35 bits per heavy atom. The molecule has 0 saturated carbocycles. The summed E-state index contributed by atoms with van der Waals surface area (Å²) >= 11 is 0. The predicted molar refractivity (Wildman–Crippen MR) is 81.5 cm³/mol. The van der Waals surface area contributed by atoms with Gasteiger partial charge in [0.15, 0.2) is 5.78 Å². The SMILES string of the molecule is C=CC(=O)C(C)OCCC(C)(CC)OC1=CC=CCC1. The van der Waals surface area contributed by atoms with Crippen LogP contribution in [0.2, 0.25) is 0 Å². The van der Waals surface area contributed by atoms with Gasteiger partial charge in [0.1, 0.15) is 11.7 Å². The molecule has 0 aromatic rings. The summed E-state index contributed by atoms with van der Waals surface area (Å²) in [6, 6.07) is 0. The lowest BCUT2D eigenvalue weighted by Gasteiger charge is -2.31. The highest BCUT2D eigenvalue weighted by atomic mass is 16.5. The molecule has 3 heteroatoms. The van der Waals surface area contributed by atoms with E-state index in [1.54, 1.807) is 6.92 Å². The number of ether oxygens (including phenoxy) is 2. The molecule has 1 aliphatic carbocycles. The minimum atomic E-state index is -0.426. The number of hydrogen-bond donors (Lipinski definition) is 0. The number of allylic oxidation sites excluding steroid dienone is 4. The summed E-state index contributed by atoms with van der Waals surface area (Å²) in [5.74, 6) is 0.955. The van der Waals surface area contributed by atoms with E-state index < -0.39 is 6.10 Å². The standard InChI is InChI=1S/C17H26O3/c1-5-16(18)14(3)19-13-12-17(4,6-2)20-15-10-8-7-9-11-15/h5,7-8,10,14H,1,6,9,11-13H2,2-4H3. The predicted octanol–water partition coefficient (Wildman–Crippen LogP) is 3.96. The van der Waals surface area contributed by atoms with Crippen molar-refractivity contribution in [1.29, 1.82) is 0 Å². The fraction of sp³-hybridized carbons (Fsp3) is 0.588. The molecule has 0 aromatic carbocycles. The maximum Gasteiger partial charge on any atom is 0.183 e. The first-order valence-electron chi connectivity index (χ1n) is 7.33. The normalized spacial score (nSPS) is 18.9. The number of carbonyl (C=O) groups is 1. The third-order valence-electron chi connectivity index (χ3n) is 3.70. The molecular formula is C17H26O3. The van der Waals surface area contributed by atoms with Crippen molar-refractivity contribution in [3.8, 4) is 0 Å². The van der Waals surface area contributed by atoms with E-state index in [-0.39, 0.29) is 11.4 Å². The number of hydrogen-bond acceptors (Lipinski definition) is 3. The van der Waals surface area contributed by atoms with E-state index >= 15 is 0 Å². The van der Waals surface area contributed by atoms with Crippen LogP contribution in [0.15, 0.2) is 36.6 Å². The average Bonchev–Trinajstić information content (AvgIpc) is 2.47. The highest BCUT2D eigenvalue weighted by molar-refractivity contribution is 5.92. The highest BCUT2D eigenvalue weighted by Gasteiger charge is 2.25. The Morgan fingerprint density at radius 3 is 2.90 bits per heavy atom. The van der Waals surface area contributed by atoms with E-state index in [2.05, 4.69) is 26.5 Å². The Balaban J connectivity index is 2.44. The topological polar surface area (TPSA) is 35.5 Å². The lowest BCUT2D eigenvalue weighted by molar-refractivity contribution is -0.125. The van der Waals surface area contributed by atoms with Gasteiger partial charge in [0.05, 0.1) is 12.4 Å². The highest BCUT2D eigenvalue weighted by Crippen LogP contribution is 2.27. The zero-order valence-electron chi connectivity index (χ0n) is 12.9. The average molecular weight is 278 g/mol. The molecule has 3 nitrogen and oxygen atoms in total. The van der Waals surface area contributed by atoms with E-state index in [0.717, 1.165) is 31.4 Å². The fourth-order valence-corrected chi connectivity index (χ4v) is 1.98. The molecule has 0 heterocycles. The van der Waals surface area contributed by atoms with Gasteiger partial charge in [0, 0.05) is 12.8 Å². The van der Waals surface area contributed by atoms with Crippen LogP contribution in [0.5, 0.6) is 0 Å². The van der Waals surface area contributed by atoms with Crippen LogP contribution in [0.25, 0.3) is 0 Å². The zero-order valence-corrected chi connectivity index (χ0v) is 12.9. The van der Waals surface area contributed by atoms with Crippen LogP contribution in [0.3, 0.4) is 0 Å². The first-order valence-corrected chi connectivity index (χ1v) is 7.33. The molecule has 1 aliphatic rings. The molecule has 0 saturated heterocycles. The second kappa shape index (κ2) is 8.05. The van der Waals surface area contributed by atoms with Crippen LogP contribution in [-0.2, 0) is 14.3 Å². The minimum absolute atomic E-state index is 0.0794. The van der Waals surface area contributed by atoms with E-state index in [1.807, 2.05) is 12.2 Å². The van der Waals surface area contributed by atoms with Crippen molar-refractivity contribution in [2.45, 2.75) is 58.2 Å². The zero-order chi connectivity index (χ0) is 15.0. The Labute approximate surface area is 122 Å². The number of ketones is 1. The van der Waals surface area contributed by atoms with Gasteiger partial charge in [-0.2, -0.15) is 0 Å². The third-order valence-corrected chi connectivity index (χ3v) is 3.70. The van der Waals surface area contributed by atoms with E-state index in [1.165, 1.54) is 6.08 Å². The number of rotatable bonds is 9. The summed E-state index contributed by atoms with van der Waals surface area (Å²) in [6.07, 6.45) is 10.7. The van der Waals surface area contributed by atoms with Crippen LogP contribution in [0, 0.1) is 0 Å². The van der Waals surface area contributed by atoms with Gasteiger partial charge in [-0.15, -0.1) is 0 Å². The number of carbonyl (C=O) groups excluding carboxylic acids is 1. The molecule has 112 valence electrons. The Hall–Kier alpha value is -1.35. The summed E-state index contributed by atoms with van der Waals surface area (Å²) in [7, 11) is 0. The Morgan fingerprint density at radius 1 is 1.60 bits per heavy atom. The van der Waals surface area contributed by atoms with Gasteiger partial charge in [-0.05, 0) is 38.8 Å². The van der Waals surface area contributed by atoms with Crippen molar-refractivity contribution in [3.05, 3.63) is 36.6 Å². The van der Waals surface area contributed by atoms with Gasteiger partial charge in [-0.25, -0.2) is 0 Å². The van der Waals surface area contributed by atoms with Crippen LogP contribution >= 0.6 is 0 Å². The van der Waals surface area contributed by atoms with Crippen molar-refractivity contribution < 1.29 is 14.3 Å². The molecule has 0 bridgehead atoms. The maximum absolute atomic E-state index is 11.4. The molecule has 0 amide bonds. The molecule has 0 aliphatic heterocycles. The molecule has 0 fully saturated rings. The van der Waals surface area contributed by atoms with Crippen LogP contribution < -0.4 is 0 Å². The summed E-state index contributed by atoms with van der Waals surface area (Å²) < 4.78 is 11.7. The van der Waals surface area contributed by atoms with Gasteiger partial charge < -0.3 is 9.47 Å². The molecular weight excluding hydrogens is 252 g/mol. The van der Waals surface area contributed by atoms with Gasteiger partial charge in [0.2, 0.25) is 0 Å². The van der Waals surface area contributed by atoms with E-state index in [4.69, 9.17) is 9.47 Å². The molecule has 0 spiro atoms. The van der Waals surface area contributed by atoms with Crippen molar-refractivity contribution in [2.75, 3.05) is 6.61 Å². The van der Waals surface area contributed by atoms with Crippen molar-refractivity contribution in [3.63, 3.8) is 0 Å². The van der Waals surface area contributed by atoms with Gasteiger partial charge in [-0.1, -0.05) is 25.7 Å². The lowest BCUT2D eigenvalue weighted by atomic mass is 9.98. The quantitative estimate of drug-likeness (QED) is 0.599. The second-order valence-corrected chi connectivity index (χ2v) is 5.37. The first-order chi connectivity index (χ1) is 9.50. The Kier molecular flexibility index (Phi) is 6.73. The maximum atomic E-state index is 11.4. The molecule has 0 radical (unpaired) electrons. The van der Waals surface area contributed by atoms with Crippen LogP contribution in [-0.4, -0.2) is 24.1 Å². The van der Waals surface area contributed by atoms with Crippen molar-refractivity contribution in [2.24, 2.45) is 0 Å². The Bertz CT molecular complexity index is 395. The molecule has 1 rings (SSSR count). The van der Waals surface area contributed by atoms with E-state index in [9.17, 15) is 4.79 Å². The molecule has 20 heavy (non-hydrogen) atoms. The van der Waals surface area contributed by atoms with Gasteiger partial charge >= 0.3 is 0 Å². The summed E-state index contributed by atoms with van der Waals surface area (Å²) in [5, 5.41) is 0.